The highest BCUT2D eigenvalue weighted by molar-refractivity contribution is 7.89. The van der Waals surface area contributed by atoms with E-state index in [9.17, 15) is 13.2 Å². The largest absolute Gasteiger partial charge is 0.377 e. The summed E-state index contributed by atoms with van der Waals surface area (Å²) in [4.78, 5) is 17.4. The fourth-order valence-corrected chi connectivity index (χ4v) is 6.44. The van der Waals surface area contributed by atoms with E-state index in [2.05, 4.69) is 4.90 Å². The van der Waals surface area contributed by atoms with Crippen molar-refractivity contribution in [2.24, 2.45) is 0 Å². The first-order valence-electron chi connectivity index (χ1n) is 12.2. The first kappa shape index (κ1) is 23.7. The number of carbonyl (C=O) groups excluding carboxylic acids is 1. The number of carbonyl (C=O) groups is 1. The number of sulfonamides is 1. The Kier molecular flexibility index (Phi) is 8.21. The lowest BCUT2D eigenvalue weighted by Gasteiger charge is -2.35. The zero-order valence-electron chi connectivity index (χ0n) is 19.1. The van der Waals surface area contributed by atoms with Crippen LogP contribution < -0.4 is 0 Å². The van der Waals surface area contributed by atoms with Gasteiger partial charge in [-0.1, -0.05) is 25.0 Å². The Hall–Kier alpha value is -1.48. The Morgan fingerprint density at radius 1 is 0.906 bits per heavy atom. The van der Waals surface area contributed by atoms with Gasteiger partial charge in [-0.05, 0) is 49.8 Å². The maximum Gasteiger partial charge on any atom is 0.243 e. The lowest BCUT2D eigenvalue weighted by molar-refractivity contribution is -0.133. The second-order valence-electron chi connectivity index (χ2n) is 9.28. The van der Waals surface area contributed by atoms with Crippen molar-refractivity contribution in [1.82, 2.24) is 14.1 Å². The average Bonchev–Trinajstić information content (AvgIpc) is 3.16. The van der Waals surface area contributed by atoms with Crippen LogP contribution in [0.3, 0.4) is 0 Å². The van der Waals surface area contributed by atoms with Gasteiger partial charge in [0.25, 0.3) is 0 Å². The van der Waals surface area contributed by atoms with Gasteiger partial charge in [0.05, 0.1) is 11.0 Å². The number of ether oxygens (including phenoxy) is 1. The molecule has 1 unspecified atom stereocenters. The minimum atomic E-state index is -3.42. The second-order valence-corrected chi connectivity index (χ2v) is 11.2. The van der Waals surface area contributed by atoms with E-state index in [1.807, 2.05) is 17.0 Å². The predicted octanol–water partition coefficient (Wildman–Crippen LogP) is 2.51. The molecule has 1 aromatic rings. The van der Waals surface area contributed by atoms with E-state index in [0.717, 1.165) is 83.4 Å². The van der Waals surface area contributed by atoms with Crippen LogP contribution in [0.2, 0.25) is 0 Å². The Morgan fingerprint density at radius 2 is 1.59 bits per heavy atom. The van der Waals surface area contributed by atoms with Crippen molar-refractivity contribution in [2.75, 3.05) is 52.4 Å². The van der Waals surface area contributed by atoms with Crippen molar-refractivity contribution < 1.29 is 17.9 Å². The topological polar surface area (TPSA) is 70.2 Å². The standard InChI is InChI=1S/C24H37N3O4S/c28-24(26-17-15-25(16-18-26)20-22-6-5-19-31-22)12-9-21-7-10-23(11-8-21)32(29,30)27-13-3-1-2-4-14-27/h7-8,10-11,22H,1-6,9,12-20H2. The number of piperazine rings is 1. The SMILES string of the molecule is O=C(CCc1ccc(S(=O)(=O)N2CCCCCC2)cc1)N1CCN(CC2CCCO2)CC1. The third-order valence-electron chi connectivity index (χ3n) is 6.96. The third-order valence-corrected chi connectivity index (χ3v) is 8.88. The molecule has 1 aromatic carbocycles. The number of amides is 1. The molecular formula is C24H37N3O4S. The molecule has 8 heteroatoms. The summed E-state index contributed by atoms with van der Waals surface area (Å²) in [5.41, 5.74) is 1.00. The van der Waals surface area contributed by atoms with E-state index in [0.29, 0.717) is 36.9 Å². The molecule has 178 valence electrons. The summed E-state index contributed by atoms with van der Waals surface area (Å²) in [6, 6.07) is 7.11. The van der Waals surface area contributed by atoms with E-state index in [1.54, 1.807) is 16.4 Å². The van der Waals surface area contributed by atoms with Crippen molar-refractivity contribution >= 4 is 15.9 Å². The minimum Gasteiger partial charge on any atom is -0.377 e. The van der Waals surface area contributed by atoms with Crippen molar-refractivity contribution in [3.8, 4) is 0 Å². The van der Waals surface area contributed by atoms with Gasteiger partial charge in [-0.25, -0.2) is 8.42 Å². The molecule has 0 bridgehead atoms. The highest BCUT2D eigenvalue weighted by Gasteiger charge is 2.26. The lowest BCUT2D eigenvalue weighted by atomic mass is 10.1. The minimum absolute atomic E-state index is 0.183. The van der Waals surface area contributed by atoms with E-state index in [-0.39, 0.29) is 5.91 Å². The quantitative estimate of drug-likeness (QED) is 0.621. The molecule has 3 aliphatic rings. The molecule has 0 aromatic heterocycles. The summed E-state index contributed by atoms with van der Waals surface area (Å²) in [6.45, 7) is 6.46. The molecule has 4 rings (SSSR count). The molecular weight excluding hydrogens is 426 g/mol. The number of nitrogens with zero attached hydrogens (tertiary/aromatic N) is 3. The van der Waals surface area contributed by atoms with Crippen LogP contribution in [0.15, 0.2) is 29.2 Å². The van der Waals surface area contributed by atoms with E-state index in [1.165, 1.54) is 0 Å². The molecule has 7 nitrogen and oxygen atoms in total. The van der Waals surface area contributed by atoms with Gasteiger partial charge in [0, 0.05) is 58.8 Å². The summed E-state index contributed by atoms with van der Waals surface area (Å²) in [5, 5.41) is 0. The third kappa shape index (κ3) is 6.10. The first-order chi connectivity index (χ1) is 15.5. The number of rotatable bonds is 7. The maximum absolute atomic E-state index is 12.9. The fourth-order valence-electron chi connectivity index (χ4n) is 4.92. The molecule has 0 saturated carbocycles. The normalized spacial score (nSPS) is 23.9. The van der Waals surface area contributed by atoms with Crippen LogP contribution in [0.25, 0.3) is 0 Å². The highest BCUT2D eigenvalue weighted by Crippen LogP contribution is 2.21. The molecule has 1 atom stereocenters. The van der Waals surface area contributed by atoms with Gasteiger partial charge in [-0.2, -0.15) is 4.31 Å². The predicted molar refractivity (Wildman–Crippen MR) is 124 cm³/mol. The first-order valence-corrected chi connectivity index (χ1v) is 13.7. The van der Waals surface area contributed by atoms with Gasteiger partial charge in [-0.15, -0.1) is 0 Å². The van der Waals surface area contributed by atoms with Crippen LogP contribution in [0.5, 0.6) is 0 Å². The van der Waals surface area contributed by atoms with Gasteiger partial charge >= 0.3 is 0 Å². The van der Waals surface area contributed by atoms with Crippen LogP contribution in [0.4, 0.5) is 0 Å². The number of benzene rings is 1. The van der Waals surface area contributed by atoms with Gasteiger partial charge in [0.1, 0.15) is 0 Å². The van der Waals surface area contributed by atoms with Gasteiger partial charge in [-0.3, -0.25) is 9.69 Å². The average molecular weight is 464 g/mol. The molecule has 1 amide bonds. The molecule has 0 radical (unpaired) electrons. The zero-order chi connectivity index (χ0) is 22.4. The molecule has 0 N–H and O–H groups in total. The molecule has 3 saturated heterocycles. The molecule has 32 heavy (non-hydrogen) atoms. The molecule has 3 fully saturated rings. The van der Waals surface area contributed by atoms with Gasteiger partial charge in [0.15, 0.2) is 0 Å². The van der Waals surface area contributed by atoms with Crippen molar-refractivity contribution in [1.29, 1.82) is 0 Å². The Balaban J connectivity index is 1.23. The Labute approximate surface area is 192 Å². The van der Waals surface area contributed by atoms with Crippen LogP contribution in [-0.4, -0.2) is 87.0 Å². The number of hydrogen-bond acceptors (Lipinski definition) is 5. The summed E-state index contributed by atoms with van der Waals surface area (Å²) in [7, 11) is -3.42. The smallest absolute Gasteiger partial charge is 0.243 e. The summed E-state index contributed by atoms with van der Waals surface area (Å²) < 4.78 is 33.2. The van der Waals surface area contributed by atoms with Gasteiger partial charge in [0.2, 0.25) is 15.9 Å². The van der Waals surface area contributed by atoms with E-state index in [4.69, 9.17) is 4.74 Å². The van der Waals surface area contributed by atoms with Crippen molar-refractivity contribution in [3.05, 3.63) is 29.8 Å². The summed E-state index contributed by atoms with van der Waals surface area (Å²) in [6.07, 6.45) is 7.84. The summed E-state index contributed by atoms with van der Waals surface area (Å²) in [5.74, 6) is 0.183. The molecule has 3 aliphatic heterocycles. The molecule has 0 aliphatic carbocycles. The van der Waals surface area contributed by atoms with Crippen LogP contribution in [0.1, 0.15) is 50.5 Å². The number of aryl methyl sites for hydroxylation is 1. The lowest BCUT2D eigenvalue weighted by Crippen LogP contribution is -2.50. The van der Waals surface area contributed by atoms with Crippen LogP contribution in [0, 0.1) is 0 Å². The Morgan fingerprint density at radius 3 is 2.22 bits per heavy atom. The number of hydrogen-bond donors (Lipinski definition) is 0. The fraction of sp³-hybridized carbons (Fsp3) is 0.708. The van der Waals surface area contributed by atoms with Crippen LogP contribution >= 0.6 is 0 Å². The highest BCUT2D eigenvalue weighted by atomic mass is 32.2. The van der Waals surface area contributed by atoms with Crippen LogP contribution in [-0.2, 0) is 26.0 Å². The second kappa shape index (κ2) is 11.1. The Bertz CT molecular complexity index is 837. The van der Waals surface area contributed by atoms with Crippen molar-refractivity contribution in [2.45, 2.75) is 62.4 Å². The molecule has 3 heterocycles. The molecule has 0 spiro atoms. The van der Waals surface area contributed by atoms with Crippen molar-refractivity contribution in [3.63, 3.8) is 0 Å². The van der Waals surface area contributed by atoms with Gasteiger partial charge < -0.3 is 9.64 Å². The maximum atomic E-state index is 12.9. The monoisotopic (exact) mass is 463 g/mol. The summed E-state index contributed by atoms with van der Waals surface area (Å²) >= 11 is 0. The van der Waals surface area contributed by atoms with E-state index >= 15 is 0 Å². The van der Waals surface area contributed by atoms with E-state index < -0.39 is 10.0 Å². The zero-order valence-corrected chi connectivity index (χ0v) is 19.9.